The van der Waals surface area contributed by atoms with Crippen molar-refractivity contribution in [1.29, 1.82) is 0 Å². The van der Waals surface area contributed by atoms with Gasteiger partial charge in [0.1, 0.15) is 5.75 Å². The molecule has 20 heavy (non-hydrogen) atoms. The Kier molecular flexibility index (Phi) is 4.44. The van der Waals surface area contributed by atoms with Gasteiger partial charge in [-0.3, -0.25) is 0 Å². The van der Waals surface area contributed by atoms with Crippen molar-refractivity contribution in [2.75, 3.05) is 18.2 Å². The Hall–Kier alpha value is -2.69. The lowest BCUT2D eigenvalue weighted by Gasteiger charge is -2.09. The number of nitrogens with two attached hydrogens (primary N) is 1. The van der Waals surface area contributed by atoms with Gasteiger partial charge in [0.25, 0.3) is 0 Å². The quantitative estimate of drug-likeness (QED) is 0.748. The Bertz CT molecular complexity index is 599. The lowest BCUT2D eigenvalue weighted by Crippen LogP contribution is -2.28. The zero-order chi connectivity index (χ0) is 14.4. The van der Waals surface area contributed by atoms with E-state index in [1.165, 1.54) is 0 Å². The number of urea groups is 1. The Labute approximate surface area is 117 Å². The molecule has 0 radical (unpaired) electrons. The minimum atomic E-state index is -0.277. The van der Waals surface area contributed by atoms with Gasteiger partial charge in [0.15, 0.2) is 0 Å². The molecular formula is C15H17N3O2. The number of amides is 2. The molecule has 2 aromatic rings. The van der Waals surface area contributed by atoms with Crippen molar-refractivity contribution in [1.82, 2.24) is 5.32 Å². The fourth-order valence-corrected chi connectivity index (χ4v) is 1.76. The van der Waals surface area contributed by atoms with Crippen LogP contribution in [0.15, 0.2) is 48.5 Å². The number of carbonyl (C=O) groups is 1. The summed E-state index contributed by atoms with van der Waals surface area (Å²) in [5, 5.41) is 5.51. The first-order valence-corrected chi connectivity index (χ1v) is 6.21. The third-order valence-electron chi connectivity index (χ3n) is 2.73. The van der Waals surface area contributed by atoms with Gasteiger partial charge in [-0.15, -0.1) is 0 Å². The normalized spacial score (nSPS) is 9.85. The molecule has 0 aliphatic heterocycles. The van der Waals surface area contributed by atoms with Crippen LogP contribution in [0.5, 0.6) is 5.75 Å². The minimum absolute atomic E-state index is 0.277. The molecule has 2 aromatic carbocycles. The highest BCUT2D eigenvalue weighted by molar-refractivity contribution is 5.89. The standard InChI is InChI=1S/C15H17N3O2/c1-20-14-7-3-6-13(9-14)18-15(19)17-10-11-4-2-5-12(16)8-11/h2-9H,10,16H2,1H3,(H2,17,18,19). The number of nitrogen functional groups attached to an aromatic ring is 1. The number of rotatable bonds is 4. The number of nitrogens with one attached hydrogen (secondary N) is 2. The molecule has 0 fully saturated rings. The molecule has 4 N–H and O–H groups in total. The van der Waals surface area contributed by atoms with Crippen molar-refractivity contribution in [3.63, 3.8) is 0 Å². The third kappa shape index (κ3) is 3.91. The number of anilines is 2. The first kappa shape index (κ1) is 13.7. The van der Waals surface area contributed by atoms with Crippen LogP contribution in [0, 0.1) is 0 Å². The summed E-state index contributed by atoms with van der Waals surface area (Å²) in [6.07, 6.45) is 0. The van der Waals surface area contributed by atoms with Crippen LogP contribution < -0.4 is 21.1 Å². The van der Waals surface area contributed by atoms with Crippen LogP contribution in [0.25, 0.3) is 0 Å². The number of ether oxygens (including phenoxy) is 1. The van der Waals surface area contributed by atoms with Gasteiger partial charge in [0, 0.05) is 24.0 Å². The molecule has 0 heterocycles. The summed E-state index contributed by atoms with van der Waals surface area (Å²) in [5.41, 5.74) is 7.98. The van der Waals surface area contributed by atoms with E-state index in [2.05, 4.69) is 10.6 Å². The topological polar surface area (TPSA) is 76.4 Å². The summed E-state index contributed by atoms with van der Waals surface area (Å²) >= 11 is 0. The molecular weight excluding hydrogens is 254 g/mol. The van der Waals surface area contributed by atoms with Crippen molar-refractivity contribution >= 4 is 17.4 Å². The highest BCUT2D eigenvalue weighted by atomic mass is 16.5. The first-order chi connectivity index (χ1) is 9.67. The summed E-state index contributed by atoms with van der Waals surface area (Å²) in [4.78, 5) is 11.8. The minimum Gasteiger partial charge on any atom is -0.497 e. The summed E-state index contributed by atoms with van der Waals surface area (Å²) in [6, 6.07) is 14.3. The third-order valence-corrected chi connectivity index (χ3v) is 2.73. The van der Waals surface area contributed by atoms with E-state index in [-0.39, 0.29) is 6.03 Å². The van der Waals surface area contributed by atoms with Crippen LogP contribution in [0.1, 0.15) is 5.56 Å². The molecule has 104 valence electrons. The van der Waals surface area contributed by atoms with Crippen LogP contribution in [0.2, 0.25) is 0 Å². The maximum absolute atomic E-state index is 11.8. The summed E-state index contributed by atoms with van der Waals surface area (Å²) in [5.74, 6) is 0.693. The van der Waals surface area contributed by atoms with E-state index in [0.29, 0.717) is 23.7 Å². The van der Waals surface area contributed by atoms with E-state index < -0.39 is 0 Å². The molecule has 5 nitrogen and oxygen atoms in total. The molecule has 0 aromatic heterocycles. The molecule has 0 saturated heterocycles. The van der Waals surface area contributed by atoms with E-state index >= 15 is 0 Å². The van der Waals surface area contributed by atoms with Gasteiger partial charge < -0.3 is 21.1 Å². The second-order valence-corrected chi connectivity index (χ2v) is 4.28. The van der Waals surface area contributed by atoms with Crippen LogP contribution in [-0.4, -0.2) is 13.1 Å². The number of methoxy groups -OCH3 is 1. The van der Waals surface area contributed by atoms with Gasteiger partial charge in [0.2, 0.25) is 0 Å². The van der Waals surface area contributed by atoms with E-state index in [0.717, 1.165) is 5.56 Å². The van der Waals surface area contributed by atoms with E-state index in [1.54, 1.807) is 25.3 Å². The number of hydrogen-bond acceptors (Lipinski definition) is 3. The summed E-state index contributed by atoms with van der Waals surface area (Å²) < 4.78 is 5.09. The smallest absolute Gasteiger partial charge is 0.319 e. The molecule has 0 aliphatic carbocycles. The Balaban J connectivity index is 1.89. The SMILES string of the molecule is COc1cccc(NC(=O)NCc2cccc(N)c2)c1. The molecule has 0 atom stereocenters. The fraction of sp³-hybridized carbons (Fsp3) is 0.133. The van der Waals surface area contributed by atoms with E-state index in [1.807, 2.05) is 30.3 Å². The zero-order valence-corrected chi connectivity index (χ0v) is 11.2. The molecule has 0 unspecified atom stereocenters. The lowest BCUT2D eigenvalue weighted by molar-refractivity contribution is 0.251. The average Bonchev–Trinajstić information content (AvgIpc) is 2.45. The van der Waals surface area contributed by atoms with Gasteiger partial charge in [-0.2, -0.15) is 0 Å². The maximum atomic E-state index is 11.8. The van der Waals surface area contributed by atoms with E-state index in [9.17, 15) is 4.79 Å². The highest BCUT2D eigenvalue weighted by Gasteiger charge is 2.02. The average molecular weight is 271 g/mol. The molecule has 0 bridgehead atoms. The summed E-state index contributed by atoms with van der Waals surface area (Å²) in [7, 11) is 1.58. The predicted molar refractivity (Wildman–Crippen MR) is 79.7 cm³/mol. The van der Waals surface area contributed by atoms with E-state index in [4.69, 9.17) is 10.5 Å². The number of hydrogen-bond donors (Lipinski definition) is 3. The van der Waals surface area contributed by atoms with Crippen molar-refractivity contribution in [2.45, 2.75) is 6.54 Å². The Morgan fingerprint density at radius 3 is 2.75 bits per heavy atom. The van der Waals surface area contributed by atoms with Crippen LogP contribution in [0.4, 0.5) is 16.2 Å². The summed E-state index contributed by atoms with van der Waals surface area (Å²) in [6.45, 7) is 0.418. The van der Waals surface area contributed by atoms with Gasteiger partial charge in [-0.1, -0.05) is 18.2 Å². The maximum Gasteiger partial charge on any atom is 0.319 e. The van der Waals surface area contributed by atoms with Crippen molar-refractivity contribution in [3.8, 4) is 5.75 Å². The molecule has 0 saturated carbocycles. The molecule has 5 heteroatoms. The second-order valence-electron chi connectivity index (χ2n) is 4.28. The molecule has 0 aliphatic rings. The largest absolute Gasteiger partial charge is 0.497 e. The monoisotopic (exact) mass is 271 g/mol. The van der Waals surface area contributed by atoms with Crippen LogP contribution >= 0.6 is 0 Å². The van der Waals surface area contributed by atoms with Crippen molar-refractivity contribution in [2.24, 2.45) is 0 Å². The van der Waals surface area contributed by atoms with Crippen LogP contribution in [-0.2, 0) is 6.54 Å². The van der Waals surface area contributed by atoms with Gasteiger partial charge in [-0.25, -0.2) is 4.79 Å². The van der Waals surface area contributed by atoms with Gasteiger partial charge >= 0.3 is 6.03 Å². The van der Waals surface area contributed by atoms with Crippen molar-refractivity contribution < 1.29 is 9.53 Å². The number of benzene rings is 2. The Morgan fingerprint density at radius 1 is 1.20 bits per heavy atom. The second kappa shape index (κ2) is 6.47. The molecule has 2 amide bonds. The molecule has 0 spiro atoms. The Morgan fingerprint density at radius 2 is 2.00 bits per heavy atom. The van der Waals surface area contributed by atoms with Gasteiger partial charge in [0.05, 0.1) is 7.11 Å². The van der Waals surface area contributed by atoms with Crippen molar-refractivity contribution in [3.05, 3.63) is 54.1 Å². The fourth-order valence-electron chi connectivity index (χ4n) is 1.76. The van der Waals surface area contributed by atoms with Gasteiger partial charge in [-0.05, 0) is 29.8 Å². The molecule has 2 rings (SSSR count). The highest BCUT2D eigenvalue weighted by Crippen LogP contribution is 2.16. The predicted octanol–water partition coefficient (Wildman–Crippen LogP) is 2.60. The lowest BCUT2D eigenvalue weighted by atomic mass is 10.2. The zero-order valence-electron chi connectivity index (χ0n) is 11.2. The number of carbonyl (C=O) groups excluding carboxylic acids is 1. The first-order valence-electron chi connectivity index (χ1n) is 6.21. The van der Waals surface area contributed by atoms with Crippen LogP contribution in [0.3, 0.4) is 0 Å².